The molecule has 6 nitrogen and oxygen atoms in total. The van der Waals surface area contributed by atoms with Gasteiger partial charge in [0.05, 0.1) is 11.7 Å². The monoisotopic (exact) mass is 280 g/mol. The average molecular weight is 280 g/mol. The quantitative estimate of drug-likeness (QED) is 0.708. The Balaban J connectivity index is 2.27. The summed E-state index contributed by atoms with van der Waals surface area (Å²) in [6.45, 7) is 5.18. The highest BCUT2D eigenvalue weighted by Crippen LogP contribution is 2.00. The van der Waals surface area contributed by atoms with Crippen molar-refractivity contribution in [2.75, 3.05) is 13.2 Å². The lowest BCUT2D eigenvalue weighted by atomic mass is 10.2. The molecule has 0 aliphatic heterocycles. The number of carboxylic acids is 1. The Morgan fingerprint density at radius 2 is 2.10 bits per heavy atom. The Morgan fingerprint density at radius 3 is 2.65 bits per heavy atom. The molecule has 0 aliphatic rings. The second-order valence-electron chi connectivity index (χ2n) is 4.62. The lowest BCUT2D eigenvalue weighted by Crippen LogP contribution is -2.25. The molecule has 0 radical (unpaired) electrons. The summed E-state index contributed by atoms with van der Waals surface area (Å²) in [5, 5.41) is 11.5. The predicted molar refractivity (Wildman–Crippen MR) is 73.9 cm³/mol. The van der Waals surface area contributed by atoms with Crippen LogP contribution in [0.1, 0.15) is 47.5 Å². The smallest absolute Gasteiger partial charge is 0.337 e. The van der Waals surface area contributed by atoms with E-state index in [1.54, 1.807) is 0 Å². The lowest BCUT2D eigenvalue weighted by molar-refractivity contribution is 0.0695. The number of aromatic carboxylic acids is 1. The zero-order valence-corrected chi connectivity index (χ0v) is 11.8. The number of aromatic nitrogens is 1. The average Bonchev–Trinajstić information content (AvgIpc) is 2.42. The van der Waals surface area contributed by atoms with Crippen LogP contribution in [-0.2, 0) is 4.74 Å². The normalized spacial score (nSPS) is 10.6. The van der Waals surface area contributed by atoms with Crippen LogP contribution in [0.15, 0.2) is 18.3 Å². The molecular weight excluding hydrogens is 260 g/mol. The van der Waals surface area contributed by atoms with Crippen LogP contribution in [0.5, 0.6) is 0 Å². The van der Waals surface area contributed by atoms with Gasteiger partial charge in [-0.1, -0.05) is 0 Å². The molecule has 1 heterocycles. The summed E-state index contributed by atoms with van der Waals surface area (Å²) in [4.78, 5) is 26.2. The first kappa shape index (κ1) is 16.1. The van der Waals surface area contributed by atoms with E-state index in [2.05, 4.69) is 10.3 Å². The zero-order chi connectivity index (χ0) is 15.0. The molecule has 2 N–H and O–H groups in total. The number of nitrogens with zero attached hydrogens (tertiary/aromatic N) is 1. The summed E-state index contributed by atoms with van der Waals surface area (Å²) in [7, 11) is 0. The second kappa shape index (κ2) is 8.27. The highest BCUT2D eigenvalue weighted by atomic mass is 16.5. The van der Waals surface area contributed by atoms with E-state index in [0.717, 1.165) is 12.8 Å². The molecule has 1 amide bonds. The molecular formula is C14H20N2O4. The topological polar surface area (TPSA) is 88.5 Å². The van der Waals surface area contributed by atoms with E-state index in [-0.39, 0.29) is 23.3 Å². The Hall–Kier alpha value is -1.95. The predicted octanol–water partition coefficient (Wildman–Crippen LogP) is 1.71. The largest absolute Gasteiger partial charge is 0.478 e. The molecule has 20 heavy (non-hydrogen) atoms. The molecule has 1 aromatic rings. The minimum absolute atomic E-state index is 0.0624. The van der Waals surface area contributed by atoms with Crippen molar-refractivity contribution in [2.24, 2.45) is 0 Å². The van der Waals surface area contributed by atoms with Crippen LogP contribution in [0.2, 0.25) is 0 Å². The summed E-state index contributed by atoms with van der Waals surface area (Å²) in [5.74, 6) is -1.36. The maximum Gasteiger partial charge on any atom is 0.337 e. The maximum atomic E-state index is 11.7. The molecule has 0 bridgehead atoms. The van der Waals surface area contributed by atoms with E-state index in [1.165, 1.54) is 18.3 Å². The first-order valence-electron chi connectivity index (χ1n) is 6.60. The summed E-state index contributed by atoms with van der Waals surface area (Å²) < 4.78 is 5.39. The van der Waals surface area contributed by atoms with E-state index in [0.29, 0.717) is 13.2 Å². The second-order valence-corrected chi connectivity index (χ2v) is 4.62. The number of carbonyl (C=O) groups is 2. The Labute approximate surface area is 118 Å². The standard InChI is InChI=1S/C14H20N2O4/c1-10(2)20-8-4-3-7-15-13(17)12-6-5-11(9-16-12)14(18)19/h5-6,9-10H,3-4,7-8H2,1-2H3,(H,15,17)(H,18,19). The van der Waals surface area contributed by atoms with Gasteiger partial charge >= 0.3 is 5.97 Å². The van der Waals surface area contributed by atoms with Crippen molar-refractivity contribution in [3.05, 3.63) is 29.6 Å². The van der Waals surface area contributed by atoms with Crippen LogP contribution in [-0.4, -0.2) is 41.2 Å². The van der Waals surface area contributed by atoms with Gasteiger partial charge in [0.25, 0.3) is 5.91 Å². The van der Waals surface area contributed by atoms with Gasteiger partial charge in [-0.3, -0.25) is 9.78 Å². The number of rotatable bonds is 8. The number of unbranched alkanes of at least 4 members (excludes halogenated alkanes) is 1. The zero-order valence-electron chi connectivity index (χ0n) is 11.8. The van der Waals surface area contributed by atoms with Crippen LogP contribution in [0.3, 0.4) is 0 Å². The number of carboxylic acid groups (broad SMARTS) is 1. The van der Waals surface area contributed by atoms with Crippen molar-refractivity contribution in [3.63, 3.8) is 0 Å². The molecule has 0 atom stereocenters. The van der Waals surface area contributed by atoms with Gasteiger partial charge < -0.3 is 15.2 Å². The molecule has 0 saturated heterocycles. The molecule has 110 valence electrons. The molecule has 1 aromatic heterocycles. The lowest BCUT2D eigenvalue weighted by Gasteiger charge is -2.07. The Kier molecular flexibility index (Phi) is 6.66. The first-order chi connectivity index (χ1) is 9.50. The van der Waals surface area contributed by atoms with E-state index in [9.17, 15) is 9.59 Å². The Bertz CT molecular complexity index is 443. The molecule has 0 saturated carbocycles. The van der Waals surface area contributed by atoms with Gasteiger partial charge in [0.1, 0.15) is 5.69 Å². The molecule has 0 aromatic carbocycles. The van der Waals surface area contributed by atoms with Crippen LogP contribution in [0, 0.1) is 0 Å². The SMILES string of the molecule is CC(C)OCCCCNC(=O)c1ccc(C(=O)O)cn1. The Morgan fingerprint density at radius 1 is 1.35 bits per heavy atom. The fraction of sp³-hybridized carbons (Fsp3) is 0.500. The molecule has 6 heteroatoms. The van der Waals surface area contributed by atoms with Crippen molar-refractivity contribution in [1.29, 1.82) is 0 Å². The minimum Gasteiger partial charge on any atom is -0.478 e. The van der Waals surface area contributed by atoms with Gasteiger partial charge in [0.15, 0.2) is 0 Å². The molecule has 0 spiro atoms. The number of hydrogen-bond acceptors (Lipinski definition) is 4. The number of pyridine rings is 1. The number of nitrogens with one attached hydrogen (secondary N) is 1. The van der Waals surface area contributed by atoms with Crippen molar-refractivity contribution >= 4 is 11.9 Å². The fourth-order valence-electron chi connectivity index (χ4n) is 1.49. The van der Waals surface area contributed by atoms with Crippen LogP contribution < -0.4 is 5.32 Å². The van der Waals surface area contributed by atoms with E-state index >= 15 is 0 Å². The molecule has 0 unspecified atom stereocenters. The number of hydrogen-bond donors (Lipinski definition) is 2. The molecule has 0 fully saturated rings. The van der Waals surface area contributed by atoms with Crippen molar-refractivity contribution in [2.45, 2.75) is 32.8 Å². The fourth-order valence-corrected chi connectivity index (χ4v) is 1.49. The van der Waals surface area contributed by atoms with Crippen LogP contribution in [0.25, 0.3) is 0 Å². The van der Waals surface area contributed by atoms with Gasteiger partial charge in [-0.2, -0.15) is 0 Å². The van der Waals surface area contributed by atoms with E-state index in [1.807, 2.05) is 13.8 Å². The van der Waals surface area contributed by atoms with Crippen LogP contribution in [0.4, 0.5) is 0 Å². The summed E-state index contributed by atoms with van der Waals surface area (Å²) in [6.07, 6.45) is 3.10. The summed E-state index contributed by atoms with van der Waals surface area (Å²) in [6, 6.07) is 2.77. The van der Waals surface area contributed by atoms with Gasteiger partial charge in [0, 0.05) is 19.3 Å². The molecule has 0 aliphatic carbocycles. The highest BCUT2D eigenvalue weighted by Gasteiger charge is 2.08. The summed E-state index contributed by atoms with van der Waals surface area (Å²) in [5.41, 5.74) is 0.279. The highest BCUT2D eigenvalue weighted by molar-refractivity contribution is 5.93. The van der Waals surface area contributed by atoms with Crippen molar-refractivity contribution < 1.29 is 19.4 Å². The van der Waals surface area contributed by atoms with Crippen molar-refractivity contribution in [1.82, 2.24) is 10.3 Å². The van der Waals surface area contributed by atoms with Gasteiger partial charge in [0.2, 0.25) is 0 Å². The third-order valence-electron chi connectivity index (χ3n) is 2.55. The van der Waals surface area contributed by atoms with E-state index in [4.69, 9.17) is 9.84 Å². The third kappa shape index (κ3) is 5.79. The van der Waals surface area contributed by atoms with Gasteiger partial charge in [-0.25, -0.2) is 4.79 Å². The van der Waals surface area contributed by atoms with Crippen molar-refractivity contribution in [3.8, 4) is 0 Å². The maximum absolute atomic E-state index is 11.7. The molecule has 1 rings (SSSR count). The number of ether oxygens (including phenoxy) is 1. The van der Waals surface area contributed by atoms with Crippen LogP contribution >= 0.6 is 0 Å². The van der Waals surface area contributed by atoms with Gasteiger partial charge in [-0.05, 0) is 38.8 Å². The van der Waals surface area contributed by atoms with E-state index < -0.39 is 5.97 Å². The van der Waals surface area contributed by atoms with Gasteiger partial charge in [-0.15, -0.1) is 0 Å². The summed E-state index contributed by atoms with van der Waals surface area (Å²) >= 11 is 0. The minimum atomic E-state index is -1.06. The first-order valence-corrected chi connectivity index (χ1v) is 6.60. The number of carbonyl (C=O) groups excluding carboxylic acids is 1. The third-order valence-corrected chi connectivity index (χ3v) is 2.55. The number of amides is 1.